The van der Waals surface area contributed by atoms with Crippen LogP contribution in [0.5, 0.6) is 17.2 Å². The molecule has 0 amide bonds. The number of aliphatic hydroxyl groups excluding tert-OH is 2. The van der Waals surface area contributed by atoms with E-state index in [4.69, 9.17) is 24.2 Å². The van der Waals surface area contributed by atoms with Crippen molar-refractivity contribution in [3.8, 4) is 17.2 Å². The van der Waals surface area contributed by atoms with Crippen molar-refractivity contribution in [1.29, 1.82) is 0 Å². The molecule has 5 aromatic rings. The molecule has 10 nitrogen and oxygen atoms in total. The highest BCUT2D eigenvalue weighted by Crippen LogP contribution is 2.63. The Morgan fingerprint density at radius 3 is 2.35 bits per heavy atom. The monoisotopic (exact) mass is 886 g/mol. The number of nitro groups is 1. The SMILES string of the molecule is C=CCO[C@@]12Oc3ccc(Oc4ccc(SC)cc4)cc3[C@H]3[C@H](CCCCO)[C@@H](CCCCO)C=C(C(=NOCc4ccc([N+](=O)[O-])cc4)C[C@@H]1Sc1ccc4ccccc4c1)[C@H]32. The number of nitro benzene ring substituents is 1. The minimum absolute atomic E-state index is 0.0144. The lowest BCUT2D eigenvalue weighted by Gasteiger charge is -2.58. The summed E-state index contributed by atoms with van der Waals surface area (Å²) in [6, 6.07) is 35.4. The van der Waals surface area contributed by atoms with Gasteiger partial charge in [0.2, 0.25) is 5.79 Å². The van der Waals surface area contributed by atoms with Crippen LogP contribution in [0.4, 0.5) is 5.69 Å². The Kier molecular flexibility index (Phi) is 14.5. The molecule has 1 heterocycles. The Morgan fingerprint density at radius 1 is 0.889 bits per heavy atom. The summed E-state index contributed by atoms with van der Waals surface area (Å²) in [5.74, 6) is 0.821. The number of hydrogen-bond donors (Lipinski definition) is 2. The zero-order chi connectivity index (χ0) is 43.8. The molecule has 63 heavy (non-hydrogen) atoms. The molecule has 3 aliphatic rings. The van der Waals surface area contributed by atoms with Gasteiger partial charge in [-0.3, -0.25) is 10.1 Å². The number of unbranched alkanes of at least 4 members (excludes halogenated alkanes) is 2. The molecule has 12 heteroatoms. The number of allylic oxidation sites excluding steroid dienone is 1. The van der Waals surface area contributed by atoms with Crippen LogP contribution in [-0.4, -0.2) is 58.0 Å². The number of non-ortho nitro benzene ring substituents is 1. The lowest BCUT2D eigenvalue weighted by Crippen LogP contribution is -2.64. The van der Waals surface area contributed by atoms with Gasteiger partial charge >= 0.3 is 0 Å². The molecule has 0 unspecified atom stereocenters. The second-order valence-electron chi connectivity index (χ2n) is 16.3. The molecule has 1 aliphatic heterocycles. The average Bonchev–Trinajstić information content (AvgIpc) is 3.30. The number of hydrogen-bond acceptors (Lipinski definition) is 11. The van der Waals surface area contributed by atoms with Crippen molar-refractivity contribution in [3.05, 3.63) is 155 Å². The van der Waals surface area contributed by atoms with Gasteiger partial charge in [0.15, 0.2) is 0 Å². The number of rotatable bonds is 20. The minimum Gasteiger partial charge on any atom is -0.460 e. The molecule has 2 aliphatic carbocycles. The summed E-state index contributed by atoms with van der Waals surface area (Å²) in [4.78, 5) is 19.4. The molecule has 6 atom stereocenters. The topological polar surface area (TPSA) is 133 Å². The van der Waals surface area contributed by atoms with Crippen molar-refractivity contribution >= 4 is 45.7 Å². The quantitative estimate of drug-likeness (QED) is 0.0256. The molecule has 8 rings (SSSR count). The molecule has 5 aromatic carbocycles. The first-order chi connectivity index (χ1) is 30.8. The number of nitrogens with zero attached hydrogens (tertiary/aromatic N) is 2. The molecule has 0 saturated heterocycles. The maximum absolute atomic E-state index is 11.4. The van der Waals surface area contributed by atoms with Crippen LogP contribution in [0.1, 0.15) is 62.0 Å². The van der Waals surface area contributed by atoms with E-state index in [1.807, 2.05) is 30.3 Å². The highest BCUT2D eigenvalue weighted by molar-refractivity contribution is 8.00. The number of ether oxygens (including phenoxy) is 3. The third kappa shape index (κ3) is 9.85. The standard InChI is InChI=1S/C51H54N2O8S2/c1-3-28-58-51-48(63-42-22-16-35-10-4-5-11-36(35)29-42)32-46(52-59-33-34-14-17-38(18-15-34)53(56)57)44-30-37(12-6-8-26-54)43(13-7-9-27-55)49(50(44)51)45-31-40(21-25-47(45)61-51)60-39-19-23-41(62-2)24-20-39/h3-5,10-11,14-25,29-31,37,43,48-50,54-55H,1,6-9,12-13,26-28,32-33H2,2H3/t37-,43+,48-,49+,50+,51+/m0/s1. The van der Waals surface area contributed by atoms with Crippen molar-refractivity contribution < 1.29 is 34.2 Å². The fourth-order valence-corrected chi connectivity index (χ4v) is 11.3. The van der Waals surface area contributed by atoms with Gasteiger partial charge in [0.1, 0.15) is 23.9 Å². The van der Waals surface area contributed by atoms with Crippen molar-refractivity contribution in [2.45, 2.75) is 78.3 Å². The first-order valence-electron chi connectivity index (χ1n) is 21.7. The highest BCUT2D eigenvalue weighted by Gasteiger charge is 2.64. The number of aliphatic hydroxyl groups is 2. The predicted octanol–water partition coefficient (Wildman–Crippen LogP) is 11.9. The van der Waals surface area contributed by atoms with Crippen molar-refractivity contribution in [2.75, 3.05) is 26.1 Å². The highest BCUT2D eigenvalue weighted by atomic mass is 32.2. The molecule has 0 aromatic heterocycles. The van der Waals surface area contributed by atoms with Crippen LogP contribution >= 0.6 is 23.5 Å². The van der Waals surface area contributed by atoms with Gasteiger partial charge in [-0.05, 0) is 132 Å². The molecule has 0 radical (unpaired) electrons. The molecule has 0 bridgehead atoms. The molecular weight excluding hydrogens is 833 g/mol. The maximum Gasteiger partial charge on any atom is 0.269 e. The zero-order valence-corrected chi connectivity index (χ0v) is 37.1. The Labute approximate surface area is 377 Å². The fourth-order valence-electron chi connectivity index (χ4n) is 9.57. The van der Waals surface area contributed by atoms with Gasteiger partial charge in [0, 0.05) is 53.0 Å². The van der Waals surface area contributed by atoms with Crippen LogP contribution in [0.2, 0.25) is 0 Å². The van der Waals surface area contributed by atoms with Gasteiger partial charge < -0.3 is 29.3 Å². The van der Waals surface area contributed by atoms with E-state index in [1.165, 1.54) is 12.1 Å². The van der Waals surface area contributed by atoms with E-state index in [9.17, 15) is 20.3 Å². The van der Waals surface area contributed by atoms with Gasteiger partial charge in [0.25, 0.3) is 5.69 Å². The summed E-state index contributed by atoms with van der Waals surface area (Å²) in [6.45, 7) is 4.70. The number of fused-ring (bicyclic) bond motifs is 3. The first-order valence-corrected chi connectivity index (χ1v) is 23.9. The summed E-state index contributed by atoms with van der Waals surface area (Å²) >= 11 is 3.40. The van der Waals surface area contributed by atoms with E-state index < -0.39 is 10.7 Å². The van der Waals surface area contributed by atoms with Crippen molar-refractivity contribution in [2.24, 2.45) is 22.9 Å². The van der Waals surface area contributed by atoms with Gasteiger partial charge in [-0.1, -0.05) is 60.5 Å². The number of oxime groups is 1. The largest absolute Gasteiger partial charge is 0.460 e. The zero-order valence-electron chi connectivity index (χ0n) is 35.5. The van der Waals surface area contributed by atoms with E-state index >= 15 is 0 Å². The summed E-state index contributed by atoms with van der Waals surface area (Å²) in [7, 11) is 0. The van der Waals surface area contributed by atoms with Crippen LogP contribution in [0.25, 0.3) is 10.8 Å². The summed E-state index contributed by atoms with van der Waals surface area (Å²) in [6.07, 6.45) is 11.5. The van der Waals surface area contributed by atoms with E-state index in [1.54, 1.807) is 41.7 Å². The Morgan fingerprint density at radius 2 is 1.62 bits per heavy atom. The molecule has 1 saturated carbocycles. The van der Waals surface area contributed by atoms with Gasteiger partial charge in [-0.2, -0.15) is 0 Å². The van der Waals surface area contributed by atoms with Crippen LogP contribution in [0.15, 0.2) is 148 Å². The van der Waals surface area contributed by atoms with E-state index in [0.29, 0.717) is 25.0 Å². The summed E-state index contributed by atoms with van der Waals surface area (Å²) in [5, 5.41) is 38.2. The normalized spacial score (nSPS) is 23.0. The first kappa shape index (κ1) is 44.5. The molecule has 328 valence electrons. The van der Waals surface area contributed by atoms with Gasteiger partial charge in [0.05, 0.1) is 28.4 Å². The lowest BCUT2D eigenvalue weighted by molar-refractivity contribution is -0.384. The van der Waals surface area contributed by atoms with Gasteiger partial charge in [-0.25, -0.2) is 0 Å². The summed E-state index contributed by atoms with van der Waals surface area (Å²) in [5.41, 5.74) is 3.63. The minimum atomic E-state index is -1.16. The second-order valence-corrected chi connectivity index (χ2v) is 18.5. The number of thioether (sulfide) groups is 2. The van der Waals surface area contributed by atoms with E-state index in [2.05, 4.69) is 73.5 Å². The van der Waals surface area contributed by atoms with Crippen molar-refractivity contribution in [3.63, 3.8) is 0 Å². The van der Waals surface area contributed by atoms with E-state index in [0.717, 1.165) is 80.2 Å². The van der Waals surface area contributed by atoms with Crippen LogP contribution in [-0.2, 0) is 16.2 Å². The maximum atomic E-state index is 11.4. The third-order valence-electron chi connectivity index (χ3n) is 12.5. The van der Waals surface area contributed by atoms with Crippen LogP contribution < -0.4 is 9.47 Å². The Hall–Kier alpha value is -5.11. The molecule has 2 N–H and O–H groups in total. The third-order valence-corrected chi connectivity index (χ3v) is 14.5. The second kappa shape index (κ2) is 20.6. The Balaban J connectivity index is 1.28. The molecule has 0 spiro atoms. The Bertz CT molecular complexity index is 2440. The fraction of sp³-hybridized carbons (Fsp3) is 0.353. The lowest BCUT2D eigenvalue weighted by atomic mass is 9.56. The molecule has 1 fully saturated rings. The van der Waals surface area contributed by atoms with E-state index in [-0.39, 0.29) is 61.0 Å². The number of benzene rings is 5. The van der Waals surface area contributed by atoms with Crippen LogP contribution in [0.3, 0.4) is 0 Å². The predicted molar refractivity (Wildman–Crippen MR) is 251 cm³/mol. The van der Waals surface area contributed by atoms with Crippen molar-refractivity contribution in [1.82, 2.24) is 0 Å². The average molecular weight is 887 g/mol. The van der Waals surface area contributed by atoms with Crippen LogP contribution in [0, 0.1) is 27.9 Å². The van der Waals surface area contributed by atoms with Gasteiger partial charge in [-0.15, -0.1) is 30.1 Å². The summed E-state index contributed by atoms with van der Waals surface area (Å²) < 4.78 is 21.1. The smallest absolute Gasteiger partial charge is 0.269 e. The molecular formula is C51H54N2O8S2.